The summed E-state index contributed by atoms with van der Waals surface area (Å²) in [6.07, 6.45) is -0.268. The van der Waals surface area contributed by atoms with E-state index in [-0.39, 0.29) is 31.0 Å². The molecule has 2 atom stereocenters. The molecule has 0 radical (unpaired) electrons. The molecule has 210 valence electrons. The summed E-state index contributed by atoms with van der Waals surface area (Å²) in [5.41, 5.74) is 12.9. The van der Waals surface area contributed by atoms with Crippen molar-refractivity contribution in [2.45, 2.75) is 37.2 Å². The minimum Gasteiger partial charge on any atom is -0.384 e. The van der Waals surface area contributed by atoms with E-state index in [0.29, 0.717) is 22.3 Å². The van der Waals surface area contributed by atoms with Crippen molar-refractivity contribution in [2.24, 2.45) is 11.5 Å². The molecule has 3 aromatic carbocycles. The van der Waals surface area contributed by atoms with Gasteiger partial charge in [-0.1, -0.05) is 84.9 Å². The summed E-state index contributed by atoms with van der Waals surface area (Å²) in [4.78, 5) is 38.0. The minimum atomic E-state index is -3.97. The Balaban J connectivity index is 1.77. The molecule has 3 amide bonds. The fraction of sp³-hybridized carbons (Fsp3) is 0.214. The van der Waals surface area contributed by atoms with E-state index >= 15 is 0 Å². The smallest absolute Gasteiger partial charge is 0.243 e. The van der Waals surface area contributed by atoms with Gasteiger partial charge in [-0.15, -0.1) is 0 Å². The van der Waals surface area contributed by atoms with Gasteiger partial charge in [0.15, 0.2) is 0 Å². The lowest BCUT2D eigenvalue weighted by Crippen LogP contribution is -2.50. The van der Waals surface area contributed by atoms with E-state index in [0.717, 1.165) is 0 Å². The van der Waals surface area contributed by atoms with Crippen LogP contribution in [0.3, 0.4) is 0 Å². The van der Waals surface area contributed by atoms with Crippen molar-refractivity contribution < 1.29 is 22.8 Å². The molecule has 0 saturated heterocycles. The van der Waals surface area contributed by atoms with Gasteiger partial charge in [0.1, 0.15) is 17.9 Å². The molecule has 11 nitrogen and oxygen atoms in total. The number of hydrogen-bond acceptors (Lipinski definition) is 6. The third kappa shape index (κ3) is 9.33. The predicted octanol–water partition coefficient (Wildman–Crippen LogP) is 1.20. The van der Waals surface area contributed by atoms with Crippen molar-refractivity contribution in [1.29, 1.82) is 5.41 Å². The Kier molecular flexibility index (Phi) is 10.5. The molecule has 0 heterocycles. The van der Waals surface area contributed by atoms with Gasteiger partial charge < -0.3 is 22.1 Å². The number of nitrogens with one attached hydrogen (secondary N) is 4. The molecular formula is C28H32N6O5S. The van der Waals surface area contributed by atoms with Crippen LogP contribution >= 0.6 is 0 Å². The molecule has 40 heavy (non-hydrogen) atoms. The second-order valence-electron chi connectivity index (χ2n) is 9.10. The number of carbonyl (C=O) groups excluding carboxylic acids is 3. The van der Waals surface area contributed by atoms with Crippen LogP contribution in [-0.4, -0.2) is 38.0 Å². The van der Waals surface area contributed by atoms with Gasteiger partial charge in [0.05, 0.1) is 5.75 Å². The second-order valence-corrected chi connectivity index (χ2v) is 10.9. The number of amidine groups is 1. The van der Waals surface area contributed by atoms with Crippen LogP contribution in [0.2, 0.25) is 0 Å². The normalized spacial score (nSPS) is 12.6. The van der Waals surface area contributed by atoms with E-state index in [4.69, 9.17) is 16.9 Å². The van der Waals surface area contributed by atoms with Crippen molar-refractivity contribution in [3.63, 3.8) is 0 Å². The van der Waals surface area contributed by atoms with Crippen LogP contribution in [0.5, 0.6) is 0 Å². The molecule has 0 aliphatic heterocycles. The molecule has 0 bridgehead atoms. The molecule has 0 fully saturated rings. The minimum absolute atomic E-state index is 0.0859. The molecule has 0 aliphatic rings. The number of rotatable bonds is 14. The first-order chi connectivity index (χ1) is 19.0. The first-order valence-electron chi connectivity index (χ1n) is 12.4. The van der Waals surface area contributed by atoms with Gasteiger partial charge in [-0.3, -0.25) is 19.8 Å². The third-order valence-corrected chi connectivity index (χ3v) is 7.24. The molecule has 0 unspecified atom stereocenters. The number of benzene rings is 3. The van der Waals surface area contributed by atoms with Crippen LogP contribution in [-0.2, 0) is 36.7 Å². The highest BCUT2D eigenvalue weighted by Crippen LogP contribution is 2.17. The van der Waals surface area contributed by atoms with Crippen LogP contribution in [0.4, 0.5) is 0 Å². The van der Waals surface area contributed by atoms with Crippen molar-refractivity contribution in [3.8, 4) is 0 Å². The summed E-state index contributed by atoms with van der Waals surface area (Å²) in [7, 11) is -3.97. The largest absolute Gasteiger partial charge is 0.384 e. The maximum Gasteiger partial charge on any atom is 0.243 e. The monoisotopic (exact) mass is 564 g/mol. The Morgan fingerprint density at radius 2 is 1.40 bits per heavy atom. The number of amides is 3. The van der Waals surface area contributed by atoms with Gasteiger partial charge in [0, 0.05) is 18.5 Å². The fourth-order valence-corrected chi connectivity index (χ4v) is 5.18. The number of nitrogens with two attached hydrogens (primary N) is 2. The zero-order chi connectivity index (χ0) is 29.1. The maximum absolute atomic E-state index is 13.4. The lowest BCUT2D eigenvalue weighted by Gasteiger charge is -2.23. The number of sulfonamides is 1. The molecule has 3 aromatic rings. The fourth-order valence-electron chi connectivity index (χ4n) is 3.86. The van der Waals surface area contributed by atoms with Gasteiger partial charge in [-0.2, -0.15) is 4.72 Å². The Morgan fingerprint density at radius 1 is 0.800 bits per heavy atom. The van der Waals surface area contributed by atoms with Crippen LogP contribution in [0.25, 0.3) is 0 Å². The van der Waals surface area contributed by atoms with Crippen molar-refractivity contribution in [1.82, 2.24) is 15.4 Å². The molecule has 0 spiro atoms. The van der Waals surface area contributed by atoms with Crippen molar-refractivity contribution in [3.05, 3.63) is 107 Å². The van der Waals surface area contributed by atoms with Crippen molar-refractivity contribution in [2.75, 3.05) is 0 Å². The summed E-state index contributed by atoms with van der Waals surface area (Å²) < 4.78 is 28.4. The summed E-state index contributed by atoms with van der Waals surface area (Å²) in [5.74, 6) is -2.44. The lowest BCUT2D eigenvalue weighted by atomic mass is 10.1. The highest BCUT2D eigenvalue weighted by molar-refractivity contribution is 7.88. The quantitative estimate of drug-likeness (QED) is 0.126. The van der Waals surface area contributed by atoms with Gasteiger partial charge in [-0.05, 0) is 23.1 Å². The molecule has 0 aliphatic carbocycles. The second kappa shape index (κ2) is 14.0. The number of nitrogen functional groups attached to an aromatic ring is 1. The topological polar surface area (TPSA) is 197 Å². The van der Waals surface area contributed by atoms with E-state index in [9.17, 15) is 22.8 Å². The number of primary amides is 1. The Labute approximate surface area is 232 Å². The molecule has 12 heteroatoms. The predicted molar refractivity (Wildman–Crippen MR) is 151 cm³/mol. The Hall–Kier alpha value is -4.55. The molecule has 8 N–H and O–H groups in total. The summed E-state index contributed by atoms with van der Waals surface area (Å²) in [5, 5.41) is 12.8. The van der Waals surface area contributed by atoms with Crippen LogP contribution in [0.1, 0.15) is 41.1 Å². The molecule has 3 rings (SSSR count). The van der Waals surface area contributed by atoms with Gasteiger partial charge in [0.2, 0.25) is 27.7 Å². The van der Waals surface area contributed by atoms with Gasteiger partial charge in [0.25, 0.3) is 0 Å². The zero-order valence-corrected chi connectivity index (χ0v) is 22.5. The first kappa shape index (κ1) is 30.0. The number of hydrogen-bond donors (Lipinski definition) is 6. The number of carbonyl (C=O) groups is 3. The van der Waals surface area contributed by atoms with E-state index in [2.05, 4.69) is 15.4 Å². The Morgan fingerprint density at radius 3 is 1.98 bits per heavy atom. The zero-order valence-electron chi connectivity index (χ0n) is 21.7. The molecule has 0 aromatic heterocycles. The van der Waals surface area contributed by atoms with E-state index < -0.39 is 39.8 Å². The Bertz CT molecular complexity index is 1430. The van der Waals surface area contributed by atoms with Crippen molar-refractivity contribution >= 4 is 33.6 Å². The van der Waals surface area contributed by atoms with E-state index in [1.54, 1.807) is 84.9 Å². The highest BCUT2D eigenvalue weighted by atomic mass is 32.2. The summed E-state index contributed by atoms with van der Waals surface area (Å²) in [6, 6.07) is 20.9. The SMILES string of the molecule is N=C(N)c1ccc(CNC(=O)[C@H](CCC(N)=O)NC(=O)[C@H](NS(=O)(=O)Cc2ccccc2)c2ccccc2)cc1. The van der Waals surface area contributed by atoms with Gasteiger partial charge >= 0.3 is 0 Å². The maximum atomic E-state index is 13.4. The standard InChI is InChI=1S/C28H32N6O5S/c29-24(35)16-15-23(27(36)32-17-19-11-13-22(14-12-19)26(30)31)33-28(37)25(21-9-5-2-6-10-21)34-40(38,39)18-20-7-3-1-4-8-20/h1-14,23,25,34H,15-18H2,(H2,29,35)(H3,30,31)(H,32,36)(H,33,37)/t23-,25+/m0/s1. The van der Waals surface area contributed by atoms with Gasteiger partial charge in [-0.25, -0.2) is 8.42 Å². The highest BCUT2D eigenvalue weighted by Gasteiger charge is 2.30. The third-order valence-electron chi connectivity index (χ3n) is 5.94. The van der Waals surface area contributed by atoms with E-state index in [1.165, 1.54) is 0 Å². The first-order valence-corrected chi connectivity index (χ1v) is 14.1. The average molecular weight is 565 g/mol. The molecular weight excluding hydrogens is 532 g/mol. The van der Waals surface area contributed by atoms with Crippen LogP contribution < -0.4 is 26.8 Å². The molecule has 0 saturated carbocycles. The van der Waals surface area contributed by atoms with E-state index in [1.807, 2.05) is 0 Å². The van der Waals surface area contributed by atoms with Crippen LogP contribution in [0, 0.1) is 5.41 Å². The summed E-state index contributed by atoms with van der Waals surface area (Å²) in [6.45, 7) is 0.103. The lowest BCUT2D eigenvalue weighted by molar-refractivity contribution is -0.130. The average Bonchev–Trinajstić information content (AvgIpc) is 2.93. The summed E-state index contributed by atoms with van der Waals surface area (Å²) >= 11 is 0. The van der Waals surface area contributed by atoms with Crippen LogP contribution in [0.15, 0.2) is 84.9 Å².